The summed E-state index contributed by atoms with van der Waals surface area (Å²) in [5.41, 5.74) is 2.28. The molecule has 4 nitrogen and oxygen atoms in total. The standard InChI is InChI=1S/C22H22Cl2N2O2/c1-21(2)13-22(9-10-27-21)26-19(16-5-3-4-6-20(16)28-22)12-18(25-26)15-8-7-14(23)11-17(15)24/h3-8,11,19H,9-10,12-13H2,1-2H3/t19-,22-/m0/s1. The minimum Gasteiger partial charge on any atom is -0.466 e. The summed E-state index contributed by atoms with van der Waals surface area (Å²) < 4.78 is 12.6. The van der Waals surface area contributed by atoms with Gasteiger partial charge in [-0.1, -0.05) is 47.5 Å². The third-order valence-electron chi connectivity index (χ3n) is 5.84. The molecule has 0 aromatic heterocycles. The summed E-state index contributed by atoms with van der Waals surface area (Å²) in [4.78, 5) is 0. The van der Waals surface area contributed by atoms with Gasteiger partial charge in [0.05, 0.1) is 29.0 Å². The van der Waals surface area contributed by atoms with Gasteiger partial charge in [0.15, 0.2) is 0 Å². The summed E-state index contributed by atoms with van der Waals surface area (Å²) in [5, 5.41) is 8.47. The van der Waals surface area contributed by atoms with E-state index in [1.165, 1.54) is 5.56 Å². The van der Waals surface area contributed by atoms with E-state index in [1.807, 2.05) is 18.2 Å². The minimum absolute atomic E-state index is 0.126. The van der Waals surface area contributed by atoms with Crippen molar-refractivity contribution in [2.75, 3.05) is 6.61 Å². The Labute approximate surface area is 175 Å². The maximum Gasteiger partial charge on any atom is 0.203 e. The molecule has 0 radical (unpaired) electrons. The largest absolute Gasteiger partial charge is 0.466 e. The molecule has 2 atom stereocenters. The lowest BCUT2D eigenvalue weighted by Gasteiger charge is -2.52. The summed E-state index contributed by atoms with van der Waals surface area (Å²) in [6, 6.07) is 14.0. The number of para-hydroxylation sites is 1. The van der Waals surface area contributed by atoms with Crippen molar-refractivity contribution in [2.24, 2.45) is 5.10 Å². The Kier molecular flexibility index (Phi) is 4.17. The molecule has 1 spiro atoms. The van der Waals surface area contributed by atoms with Crippen molar-refractivity contribution < 1.29 is 9.47 Å². The van der Waals surface area contributed by atoms with Crippen LogP contribution in [0.2, 0.25) is 10.0 Å². The Morgan fingerprint density at radius 3 is 2.75 bits per heavy atom. The third-order valence-corrected chi connectivity index (χ3v) is 6.38. The quantitative estimate of drug-likeness (QED) is 0.586. The Morgan fingerprint density at radius 2 is 1.96 bits per heavy atom. The van der Waals surface area contributed by atoms with Crippen molar-refractivity contribution in [3.8, 4) is 5.75 Å². The first-order valence-electron chi connectivity index (χ1n) is 9.61. The fourth-order valence-electron chi connectivity index (χ4n) is 4.69. The van der Waals surface area contributed by atoms with E-state index in [2.05, 4.69) is 37.1 Å². The van der Waals surface area contributed by atoms with Gasteiger partial charge in [0.2, 0.25) is 5.72 Å². The van der Waals surface area contributed by atoms with Crippen LogP contribution in [0, 0.1) is 0 Å². The first-order chi connectivity index (χ1) is 13.4. The summed E-state index contributed by atoms with van der Waals surface area (Å²) >= 11 is 12.6. The minimum atomic E-state index is -0.512. The lowest BCUT2D eigenvalue weighted by atomic mass is 9.86. The highest BCUT2D eigenvalue weighted by molar-refractivity contribution is 6.37. The number of hydrogen-bond donors (Lipinski definition) is 0. The summed E-state index contributed by atoms with van der Waals surface area (Å²) in [6.07, 6.45) is 2.30. The molecule has 2 aromatic rings. The van der Waals surface area contributed by atoms with Crippen LogP contribution in [-0.2, 0) is 4.74 Å². The van der Waals surface area contributed by atoms with Crippen LogP contribution in [0.4, 0.5) is 0 Å². The van der Waals surface area contributed by atoms with E-state index in [-0.39, 0.29) is 11.6 Å². The van der Waals surface area contributed by atoms with Crippen LogP contribution in [0.25, 0.3) is 0 Å². The molecule has 0 unspecified atom stereocenters. The van der Waals surface area contributed by atoms with E-state index in [9.17, 15) is 0 Å². The SMILES string of the molecule is CC1(C)C[C@]2(CCO1)Oc1ccccc1[C@@H]1CC(c3ccc(Cl)cc3Cl)=NN12. The van der Waals surface area contributed by atoms with E-state index in [1.54, 1.807) is 6.07 Å². The number of nitrogens with zero attached hydrogens (tertiary/aromatic N) is 2. The highest BCUT2D eigenvalue weighted by atomic mass is 35.5. The number of ether oxygens (including phenoxy) is 2. The molecule has 3 aliphatic rings. The molecular formula is C22H22Cl2N2O2. The number of halogens is 2. The van der Waals surface area contributed by atoms with Crippen LogP contribution in [0.5, 0.6) is 5.75 Å². The fraction of sp³-hybridized carbons (Fsp3) is 0.409. The van der Waals surface area contributed by atoms with Gasteiger partial charge in [0.1, 0.15) is 5.75 Å². The summed E-state index contributed by atoms with van der Waals surface area (Å²) in [7, 11) is 0. The first-order valence-corrected chi connectivity index (χ1v) is 10.4. The maximum atomic E-state index is 6.63. The van der Waals surface area contributed by atoms with Crippen LogP contribution in [0.1, 0.15) is 50.3 Å². The summed E-state index contributed by atoms with van der Waals surface area (Å²) in [5.74, 6) is 0.945. The number of rotatable bonds is 1. The first kappa shape index (κ1) is 18.3. The average molecular weight is 417 g/mol. The van der Waals surface area contributed by atoms with Crippen molar-refractivity contribution in [2.45, 2.75) is 50.5 Å². The van der Waals surface area contributed by atoms with E-state index < -0.39 is 5.72 Å². The molecule has 5 rings (SSSR count). The second kappa shape index (κ2) is 6.38. The second-order valence-electron chi connectivity index (χ2n) is 8.36. The van der Waals surface area contributed by atoms with Crippen LogP contribution < -0.4 is 4.74 Å². The van der Waals surface area contributed by atoms with Crippen LogP contribution in [0.15, 0.2) is 47.6 Å². The number of fused-ring (bicyclic) bond motifs is 4. The van der Waals surface area contributed by atoms with Crippen LogP contribution in [0.3, 0.4) is 0 Å². The Morgan fingerprint density at radius 1 is 1.14 bits per heavy atom. The molecule has 1 fully saturated rings. The monoisotopic (exact) mass is 416 g/mol. The second-order valence-corrected chi connectivity index (χ2v) is 9.20. The zero-order chi connectivity index (χ0) is 19.5. The molecule has 1 saturated heterocycles. The molecule has 0 amide bonds. The molecule has 0 aliphatic carbocycles. The number of hydrogen-bond acceptors (Lipinski definition) is 4. The van der Waals surface area contributed by atoms with Gasteiger partial charge >= 0.3 is 0 Å². The number of hydrazone groups is 1. The van der Waals surface area contributed by atoms with Gasteiger partial charge in [-0.3, -0.25) is 0 Å². The predicted molar refractivity (Wildman–Crippen MR) is 111 cm³/mol. The highest BCUT2D eigenvalue weighted by Crippen LogP contribution is 2.52. The Balaban J connectivity index is 1.62. The highest BCUT2D eigenvalue weighted by Gasteiger charge is 2.54. The maximum absolute atomic E-state index is 6.63. The van der Waals surface area contributed by atoms with E-state index in [4.69, 9.17) is 37.8 Å². The van der Waals surface area contributed by atoms with Crippen LogP contribution >= 0.6 is 23.2 Å². The van der Waals surface area contributed by atoms with Crippen molar-refractivity contribution in [3.05, 3.63) is 63.6 Å². The van der Waals surface area contributed by atoms with Crippen molar-refractivity contribution in [3.63, 3.8) is 0 Å². The molecule has 0 bridgehead atoms. The van der Waals surface area contributed by atoms with Gasteiger partial charge in [-0.05, 0) is 32.0 Å². The Hall–Kier alpha value is -1.75. The van der Waals surface area contributed by atoms with Gasteiger partial charge in [-0.2, -0.15) is 5.10 Å². The number of benzene rings is 2. The lowest BCUT2D eigenvalue weighted by Crippen LogP contribution is -2.60. The molecule has 3 aliphatic heterocycles. The van der Waals surface area contributed by atoms with Crippen LogP contribution in [-0.4, -0.2) is 28.7 Å². The molecule has 28 heavy (non-hydrogen) atoms. The van der Waals surface area contributed by atoms with Crippen molar-refractivity contribution in [1.82, 2.24) is 5.01 Å². The average Bonchev–Trinajstić information content (AvgIpc) is 3.07. The molecule has 146 valence electrons. The zero-order valence-electron chi connectivity index (χ0n) is 15.9. The Bertz CT molecular complexity index is 975. The molecule has 0 N–H and O–H groups in total. The van der Waals surface area contributed by atoms with Crippen molar-refractivity contribution >= 4 is 28.9 Å². The third kappa shape index (κ3) is 2.90. The molecule has 0 saturated carbocycles. The normalized spacial score (nSPS) is 27.8. The van der Waals surface area contributed by atoms with Gasteiger partial charge in [-0.15, -0.1) is 0 Å². The van der Waals surface area contributed by atoms with E-state index >= 15 is 0 Å². The van der Waals surface area contributed by atoms with E-state index in [0.717, 1.165) is 36.3 Å². The van der Waals surface area contributed by atoms with Gasteiger partial charge in [-0.25, -0.2) is 5.01 Å². The predicted octanol–water partition coefficient (Wildman–Crippen LogP) is 5.82. The smallest absolute Gasteiger partial charge is 0.203 e. The topological polar surface area (TPSA) is 34.1 Å². The van der Waals surface area contributed by atoms with E-state index in [0.29, 0.717) is 16.7 Å². The lowest BCUT2D eigenvalue weighted by molar-refractivity contribution is -0.212. The van der Waals surface area contributed by atoms with Gasteiger partial charge < -0.3 is 9.47 Å². The fourth-order valence-corrected chi connectivity index (χ4v) is 5.21. The van der Waals surface area contributed by atoms with Gasteiger partial charge in [0.25, 0.3) is 0 Å². The molecular weight excluding hydrogens is 395 g/mol. The van der Waals surface area contributed by atoms with Gasteiger partial charge in [0, 0.05) is 35.4 Å². The van der Waals surface area contributed by atoms with Crippen molar-refractivity contribution in [1.29, 1.82) is 0 Å². The summed E-state index contributed by atoms with van der Waals surface area (Å²) in [6.45, 7) is 4.87. The molecule has 2 aromatic carbocycles. The molecule has 3 heterocycles. The molecule has 6 heteroatoms. The zero-order valence-corrected chi connectivity index (χ0v) is 17.4.